The first-order valence-electron chi connectivity index (χ1n) is 5.28. The van der Waals surface area contributed by atoms with E-state index in [2.05, 4.69) is 0 Å². The molecule has 2 N–H and O–H groups in total. The summed E-state index contributed by atoms with van der Waals surface area (Å²) >= 11 is 0. The van der Waals surface area contributed by atoms with Crippen LogP contribution < -0.4 is 5.73 Å². The van der Waals surface area contributed by atoms with Crippen molar-refractivity contribution in [1.82, 2.24) is 0 Å². The van der Waals surface area contributed by atoms with E-state index in [1.807, 2.05) is 0 Å². The van der Waals surface area contributed by atoms with Gasteiger partial charge in [0.2, 0.25) is 0 Å². The normalized spacial score (nSPS) is 13.9. The van der Waals surface area contributed by atoms with Crippen LogP contribution in [0.15, 0.2) is 22.8 Å². The second-order valence-electron chi connectivity index (χ2n) is 3.25. The molecule has 16 heavy (non-hydrogen) atoms. The lowest BCUT2D eigenvalue weighted by atomic mass is 10.3. The first-order valence-corrected chi connectivity index (χ1v) is 7.01. The fourth-order valence-corrected chi connectivity index (χ4v) is 3.10. The number of nitrogens with two attached hydrogens (primary N) is 1. The molecular formula is C10H18NO4P. The lowest BCUT2D eigenvalue weighted by molar-refractivity contribution is 0.217. The fourth-order valence-electron chi connectivity index (χ4n) is 1.37. The van der Waals surface area contributed by atoms with Gasteiger partial charge in [-0.3, -0.25) is 4.57 Å². The molecule has 0 aromatic carbocycles. The summed E-state index contributed by atoms with van der Waals surface area (Å²) in [6, 6.07) is 3.01. The van der Waals surface area contributed by atoms with E-state index in [9.17, 15) is 4.57 Å². The molecule has 1 heterocycles. The van der Waals surface area contributed by atoms with E-state index in [1.165, 1.54) is 6.26 Å². The average Bonchev–Trinajstić information content (AvgIpc) is 2.70. The standard InChI is InChI=1S/C10H18NO4P/c1-3-14-16(12,15-4-2)8-9(11)10-6-5-7-13-10/h5-7,9H,3-4,8,11H2,1-2H3/t9-/m1/s1. The van der Waals surface area contributed by atoms with Crippen molar-refractivity contribution in [3.05, 3.63) is 24.2 Å². The van der Waals surface area contributed by atoms with Crippen LogP contribution in [0.5, 0.6) is 0 Å². The molecule has 0 aliphatic carbocycles. The molecular weight excluding hydrogens is 229 g/mol. The minimum absolute atomic E-state index is 0.127. The molecule has 0 unspecified atom stereocenters. The Balaban J connectivity index is 2.64. The average molecular weight is 247 g/mol. The van der Waals surface area contributed by atoms with Crippen LogP contribution in [0.2, 0.25) is 0 Å². The van der Waals surface area contributed by atoms with Gasteiger partial charge in [-0.1, -0.05) is 0 Å². The van der Waals surface area contributed by atoms with Crippen LogP contribution in [0.3, 0.4) is 0 Å². The Morgan fingerprint density at radius 2 is 2.06 bits per heavy atom. The Labute approximate surface area is 95.4 Å². The second kappa shape index (κ2) is 6.21. The van der Waals surface area contributed by atoms with Gasteiger partial charge in [0.1, 0.15) is 5.76 Å². The van der Waals surface area contributed by atoms with Gasteiger partial charge in [0.15, 0.2) is 0 Å². The summed E-state index contributed by atoms with van der Waals surface area (Å²) in [6.07, 6.45) is 1.66. The van der Waals surface area contributed by atoms with Gasteiger partial charge in [-0.2, -0.15) is 0 Å². The van der Waals surface area contributed by atoms with Crippen molar-refractivity contribution in [2.45, 2.75) is 19.9 Å². The van der Waals surface area contributed by atoms with Crippen molar-refractivity contribution in [3.63, 3.8) is 0 Å². The van der Waals surface area contributed by atoms with E-state index in [0.29, 0.717) is 19.0 Å². The molecule has 0 spiro atoms. The van der Waals surface area contributed by atoms with Gasteiger partial charge in [-0.25, -0.2) is 0 Å². The van der Waals surface area contributed by atoms with Crippen LogP contribution in [0, 0.1) is 0 Å². The van der Waals surface area contributed by atoms with Crippen LogP contribution in [0.4, 0.5) is 0 Å². The maximum atomic E-state index is 12.2. The predicted octanol–water partition coefficient (Wildman–Crippen LogP) is 2.55. The molecule has 1 atom stereocenters. The molecule has 0 radical (unpaired) electrons. The zero-order chi connectivity index (χ0) is 12.0. The molecule has 0 aliphatic rings. The Morgan fingerprint density at radius 3 is 2.50 bits per heavy atom. The largest absolute Gasteiger partial charge is 0.468 e. The smallest absolute Gasteiger partial charge is 0.332 e. The Hall–Kier alpha value is -0.610. The summed E-state index contributed by atoms with van der Waals surface area (Å²) in [5.74, 6) is 0.583. The van der Waals surface area contributed by atoms with Crippen molar-refractivity contribution in [2.24, 2.45) is 5.73 Å². The predicted molar refractivity (Wildman–Crippen MR) is 61.4 cm³/mol. The molecule has 1 aromatic heterocycles. The highest BCUT2D eigenvalue weighted by Gasteiger charge is 2.28. The first-order chi connectivity index (χ1) is 7.61. The molecule has 1 aromatic rings. The van der Waals surface area contributed by atoms with Crippen molar-refractivity contribution in [1.29, 1.82) is 0 Å². The number of rotatable bonds is 7. The maximum absolute atomic E-state index is 12.2. The topological polar surface area (TPSA) is 74.7 Å². The lowest BCUT2D eigenvalue weighted by Gasteiger charge is -2.19. The number of hydrogen-bond donors (Lipinski definition) is 1. The molecule has 0 saturated carbocycles. The molecule has 0 fully saturated rings. The first kappa shape index (κ1) is 13.5. The van der Waals surface area contributed by atoms with Gasteiger partial charge in [0, 0.05) is 0 Å². The van der Waals surface area contributed by atoms with Crippen LogP contribution in [-0.4, -0.2) is 19.4 Å². The third-order valence-corrected chi connectivity index (χ3v) is 4.12. The van der Waals surface area contributed by atoms with E-state index in [1.54, 1.807) is 26.0 Å². The molecule has 1 rings (SSSR count). The molecule has 0 amide bonds. The highest BCUT2D eigenvalue weighted by atomic mass is 31.2. The van der Waals surface area contributed by atoms with E-state index in [-0.39, 0.29) is 6.16 Å². The summed E-state index contributed by atoms with van der Waals surface area (Å²) in [7, 11) is -3.10. The quantitative estimate of drug-likeness (QED) is 0.749. The monoisotopic (exact) mass is 247 g/mol. The minimum Gasteiger partial charge on any atom is -0.468 e. The zero-order valence-corrected chi connectivity index (χ0v) is 10.5. The van der Waals surface area contributed by atoms with Gasteiger partial charge in [-0.15, -0.1) is 0 Å². The number of furan rings is 1. The SMILES string of the molecule is CCOP(=O)(C[C@@H](N)c1ccco1)OCC. The van der Waals surface area contributed by atoms with Gasteiger partial charge in [0.25, 0.3) is 0 Å². The van der Waals surface area contributed by atoms with Gasteiger partial charge >= 0.3 is 7.60 Å². The highest BCUT2D eigenvalue weighted by Crippen LogP contribution is 2.50. The van der Waals surface area contributed by atoms with Gasteiger partial charge in [0.05, 0.1) is 31.7 Å². The Morgan fingerprint density at radius 1 is 1.44 bits per heavy atom. The van der Waals surface area contributed by atoms with Crippen LogP contribution in [0.25, 0.3) is 0 Å². The van der Waals surface area contributed by atoms with Crippen molar-refractivity contribution in [3.8, 4) is 0 Å². The molecule has 92 valence electrons. The molecule has 6 heteroatoms. The van der Waals surface area contributed by atoms with Crippen molar-refractivity contribution in [2.75, 3.05) is 19.4 Å². The maximum Gasteiger partial charge on any atom is 0.332 e. The summed E-state index contributed by atoms with van der Waals surface area (Å²) in [5.41, 5.74) is 5.86. The van der Waals surface area contributed by atoms with Crippen molar-refractivity contribution < 1.29 is 18.0 Å². The lowest BCUT2D eigenvalue weighted by Crippen LogP contribution is -2.16. The van der Waals surface area contributed by atoms with Gasteiger partial charge < -0.3 is 19.2 Å². The molecule has 0 bridgehead atoms. The van der Waals surface area contributed by atoms with E-state index in [0.717, 1.165) is 0 Å². The van der Waals surface area contributed by atoms with E-state index >= 15 is 0 Å². The third-order valence-electron chi connectivity index (χ3n) is 1.98. The van der Waals surface area contributed by atoms with Crippen LogP contribution >= 0.6 is 7.60 Å². The summed E-state index contributed by atoms with van der Waals surface area (Å²) in [4.78, 5) is 0. The van der Waals surface area contributed by atoms with Gasteiger partial charge in [-0.05, 0) is 26.0 Å². The summed E-state index contributed by atoms with van der Waals surface area (Å²) in [6.45, 7) is 4.21. The number of hydrogen-bond acceptors (Lipinski definition) is 5. The van der Waals surface area contributed by atoms with E-state index < -0.39 is 13.6 Å². The van der Waals surface area contributed by atoms with Crippen molar-refractivity contribution >= 4 is 7.60 Å². The minimum atomic E-state index is -3.10. The molecule has 0 saturated heterocycles. The van der Waals surface area contributed by atoms with Crippen LogP contribution in [0.1, 0.15) is 25.6 Å². The Kier molecular flexibility index (Phi) is 5.22. The highest BCUT2D eigenvalue weighted by molar-refractivity contribution is 7.53. The second-order valence-corrected chi connectivity index (χ2v) is 5.35. The fraction of sp³-hybridized carbons (Fsp3) is 0.600. The molecule has 5 nitrogen and oxygen atoms in total. The zero-order valence-electron chi connectivity index (χ0n) is 9.59. The van der Waals surface area contributed by atoms with Crippen LogP contribution in [-0.2, 0) is 13.6 Å². The third kappa shape index (κ3) is 3.76. The summed E-state index contributed by atoms with van der Waals surface area (Å²) < 4.78 is 27.6. The summed E-state index contributed by atoms with van der Waals surface area (Å²) in [5, 5.41) is 0. The Bertz CT molecular complexity index is 329. The molecule has 0 aliphatic heterocycles. The van der Waals surface area contributed by atoms with E-state index in [4.69, 9.17) is 19.2 Å².